The van der Waals surface area contributed by atoms with Crippen molar-refractivity contribution in [3.8, 4) is 0 Å². The summed E-state index contributed by atoms with van der Waals surface area (Å²) in [4.78, 5) is 22.7. The van der Waals surface area contributed by atoms with Gasteiger partial charge in [0.15, 0.2) is 0 Å². The van der Waals surface area contributed by atoms with E-state index < -0.39 is 12.0 Å². The van der Waals surface area contributed by atoms with Gasteiger partial charge in [-0.3, -0.25) is 9.59 Å². The molecule has 0 aromatic heterocycles. The Hall–Kier alpha value is -1.88. The van der Waals surface area contributed by atoms with Crippen LogP contribution < -0.4 is 11.1 Å². The number of nitrogens with one attached hydrogen (secondary N) is 1. The van der Waals surface area contributed by atoms with Gasteiger partial charge in [0.1, 0.15) is 0 Å². The van der Waals surface area contributed by atoms with Crippen molar-refractivity contribution < 1.29 is 14.7 Å². The van der Waals surface area contributed by atoms with E-state index >= 15 is 0 Å². The Bertz CT molecular complexity index is 420. The van der Waals surface area contributed by atoms with E-state index in [9.17, 15) is 9.59 Å². The van der Waals surface area contributed by atoms with E-state index in [4.69, 9.17) is 10.8 Å². The van der Waals surface area contributed by atoms with E-state index in [-0.39, 0.29) is 12.3 Å². The first-order chi connectivity index (χ1) is 9.63. The Morgan fingerprint density at radius 2 is 1.85 bits per heavy atom. The topological polar surface area (TPSA) is 92.4 Å². The lowest BCUT2D eigenvalue weighted by Crippen LogP contribution is -2.30. The average Bonchev–Trinajstić information content (AvgIpc) is 2.43. The number of benzene rings is 1. The lowest BCUT2D eigenvalue weighted by Gasteiger charge is -2.17. The van der Waals surface area contributed by atoms with Gasteiger partial charge in [-0.2, -0.15) is 0 Å². The second-order valence-corrected chi connectivity index (χ2v) is 4.73. The summed E-state index contributed by atoms with van der Waals surface area (Å²) in [5.74, 6) is -1.04. The fourth-order valence-electron chi connectivity index (χ4n) is 1.99. The number of hydrogen-bond donors (Lipinski definition) is 3. The van der Waals surface area contributed by atoms with E-state index in [0.717, 1.165) is 24.8 Å². The van der Waals surface area contributed by atoms with Crippen molar-refractivity contribution in [3.05, 3.63) is 35.9 Å². The van der Waals surface area contributed by atoms with Gasteiger partial charge in [-0.1, -0.05) is 36.8 Å². The minimum Gasteiger partial charge on any atom is -0.481 e. The van der Waals surface area contributed by atoms with Crippen LogP contribution in [-0.2, 0) is 9.59 Å². The Balaban J connectivity index is 2.52. The summed E-state index contributed by atoms with van der Waals surface area (Å²) >= 11 is 0. The molecule has 0 aliphatic rings. The van der Waals surface area contributed by atoms with E-state index in [0.29, 0.717) is 13.0 Å². The van der Waals surface area contributed by atoms with Crippen LogP contribution in [0.3, 0.4) is 0 Å². The number of carboxylic acids is 1. The van der Waals surface area contributed by atoms with Gasteiger partial charge in [0.2, 0.25) is 5.91 Å². The number of carbonyl (C=O) groups is 2. The van der Waals surface area contributed by atoms with Crippen LogP contribution in [0, 0.1) is 0 Å². The van der Waals surface area contributed by atoms with Gasteiger partial charge in [-0.15, -0.1) is 0 Å². The third-order valence-corrected chi connectivity index (χ3v) is 3.02. The molecule has 1 rings (SSSR count). The number of nitrogens with two attached hydrogens (primary N) is 1. The number of unbranched alkanes of at least 4 members (excludes halogenated alkanes) is 2. The molecule has 1 unspecified atom stereocenters. The molecular formula is C15H22N2O3. The monoisotopic (exact) mass is 278 g/mol. The minimum atomic E-state index is -0.928. The van der Waals surface area contributed by atoms with Gasteiger partial charge in [0.25, 0.3) is 0 Å². The zero-order valence-electron chi connectivity index (χ0n) is 11.5. The Kier molecular flexibility index (Phi) is 7.35. The highest BCUT2D eigenvalue weighted by Crippen LogP contribution is 2.17. The summed E-state index contributed by atoms with van der Waals surface area (Å²) < 4.78 is 0. The molecule has 0 saturated carbocycles. The maximum Gasteiger partial charge on any atom is 0.305 e. The second-order valence-electron chi connectivity index (χ2n) is 4.73. The van der Waals surface area contributed by atoms with Gasteiger partial charge in [0.05, 0.1) is 12.5 Å². The van der Waals surface area contributed by atoms with Gasteiger partial charge in [-0.25, -0.2) is 0 Å². The zero-order valence-corrected chi connectivity index (χ0v) is 11.5. The van der Waals surface area contributed by atoms with Crippen molar-refractivity contribution in [2.24, 2.45) is 5.73 Å². The molecule has 0 radical (unpaired) electrons. The van der Waals surface area contributed by atoms with Crippen molar-refractivity contribution in [1.29, 1.82) is 0 Å². The molecule has 5 heteroatoms. The third kappa shape index (κ3) is 6.33. The van der Waals surface area contributed by atoms with E-state index in [2.05, 4.69) is 5.32 Å². The number of carbonyl (C=O) groups excluding carboxylic acids is 1. The molecule has 1 amide bonds. The molecule has 1 aromatic carbocycles. The predicted molar refractivity (Wildman–Crippen MR) is 77.1 cm³/mol. The lowest BCUT2D eigenvalue weighted by atomic mass is 10.0. The lowest BCUT2D eigenvalue weighted by molar-refractivity contribution is -0.137. The molecule has 0 heterocycles. The standard InChI is InChI=1S/C15H22N2O3/c16-10-6-2-5-9-14(18)17-13(11-15(19)20)12-7-3-1-4-8-12/h1,3-4,7-8,13H,2,5-6,9-11,16H2,(H,17,18)(H,19,20). The predicted octanol–water partition coefficient (Wildman–Crippen LogP) is 1.84. The van der Waals surface area contributed by atoms with Crippen LogP contribution in [0.15, 0.2) is 30.3 Å². The Morgan fingerprint density at radius 3 is 2.45 bits per heavy atom. The zero-order chi connectivity index (χ0) is 14.8. The van der Waals surface area contributed by atoms with Crippen LogP contribution in [0.1, 0.15) is 43.7 Å². The maximum absolute atomic E-state index is 11.8. The second kappa shape index (κ2) is 9.09. The molecule has 0 bridgehead atoms. The molecule has 5 nitrogen and oxygen atoms in total. The molecule has 20 heavy (non-hydrogen) atoms. The summed E-state index contributed by atoms with van der Waals surface area (Å²) in [6.45, 7) is 0.632. The van der Waals surface area contributed by atoms with Crippen molar-refractivity contribution in [2.45, 2.75) is 38.1 Å². The highest BCUT2D eigenvalue weighted by Gasteiger charge is 2.17. The van der Waals surface area contributed by atoms with Crippen LogP contribution in [-0.4, -0.2) is 23.5 Å². The number of amides is 1. The Morgan fingerprint density at radius 1 is 1.15 bits per heavy atom. The fourth-order valence-corrected chi connectivity index (χ4v) is 1.99. The summed E-state index contributed by atoms with van der Waals surface area (Å²) in [7, 11) is 0. The van der Waals surface area contributed by atoms with Crippen molar-refractivity contribution in [3.63, 3.8) is 0 Å². The number of rotatable bonds is 9. The van der Waals surface area contributed by atoms with E-state index in [1.807, 2.05) is 30.3 Å². The largest absolute Gasteiger partial charge is 0.481 e. The molecule has 110 valence electrons. The molecule has 0 aliphatic carbocycles. The molecule has 1 aromatic rings. The van der Waals surface area contributed by atoms with Crippen LogP contribution in [0.4, 0.5) is 0 Å². The van der Waals surface area contributed by atoms with E-state index in [1.54, 1.807) is 0 Å². The summed E-state index contributed by atoms with van der Waals surface area (Å²) in [6.07, 6.45) is 2.89. The molecule has 0 fully saturated rings. The van der Waals surface area contributed by atoms with Gasteiger partial charge < -0.3 is 16.2 Å². The smallest absolute Gasteiger partial charge is 0.305 e. The average molecular weight is 278 g/mol. The van der Waals surface area contributed by atoms with Crippen molar-refractivity contribution in [2.75, 3.05) is 6.54 Å². The maximum atomic E-state index is 11.8. The molecule has 0 spiro atoms. The summed E-state index contributed by atoms with van der Waals surface area (Å²) in [5, 5.41) is 11.7. The highest BCUT2D eigenvalue weighted by molar-refractivity contribution is 5.77. The first kappa shape index (κ1) is 16.2. The number of hydrogen-bond acceptors (Lipinski definition) is 3. The van der Waals surface area contributed by atoms with Crippen LogP contribution in [0.25, 0.3) is 0 Å². The van der Waals surface area contributed by atoms with Crippen LogP contribution >= 0.6 is 0 Å². The third-order valence-electron chi connectivity index (χ3n) is 3.02. The molecule has 1 atom stereocenters. The van der Waals surface area contributed by atoms with Crippen molar-refractivity contribution in [1.82, 2.24) is 5.32 Å². The van der Waals surface area contributed by atoms with Crippen molar-refractivity contribution >= 4 is 11.9 Å². The van der Waals surface area contributed by atoms with Gasteiger partial charge in [0, 0.05) is 6.42 Å². The van der Waals surface area contributed by atoms with Crippen LogP contribution in [0.2, 0.25) is 0 Å². The highest BCUT2D eigenvalue weighted by atomic mass is 16.4. The molecule has 4 N–H and O–H groups in total. The molecule has 0 saturated heterocycles. The normalized spacial score (nSPS) is 11.8. The minimum absolute atomic E-state index is 0.113. The van der Waals surface area contributed by atoms with Gasteiger partial charge >= 0.3 is 5.97 Å². The molecule has 0 aliphatic heterocycles. The Labute approximate surface area is 119 Å². The van der Waals surface area contributed by atoms with Gasteiger partial charge in [-0.05, 0) is 24.9 Å². The van der Waals surface area contributed by atoms with E-state index in [1.165, 1.54) is 0 Å². The SMILES string of the molecule is NCCCCCC(=O)NC(CC(=O)O)c1ccccc1. The molecular weight excluding hydrogens is 256 g/mol. The number of carboxylic acid groups (broad SMARTS) is 1. The number of aliphatic carboxylic acids is 1. The quantitative estimate of drug-likeness (QED) is 0.601. The summed E-state index contributed by atoms with van der Waals surface area (Å²) in [6, 6.07) is 8.69. The first-order valence-corrected chi connectivity index (χ1v) is 6.89. The first-order valence-electron chi connectivity index (χ1n) is 6.89. The summed E-state index contributed by atoms with van der Waals surface area (Å²) in [5.41, 5.74) is 6.20. The van der Waals surface area contributed by atoms with Crippen LogP contribution in [0.5, 0.6) is 0 Å². The fraction of sp³-hybridized carbons (Fsp3) is 0.467.